The second-order valence-corrected chi connectivity index (χ2v) is 3.94. The second-order valence-electron chi connectivity index (χ2n) is 3.94. The van der Waals surface area contributed by atoms with E-state index in [1.165, 1.54) is 6.21 Å². The van der Waals surface area contributed by atoms with E-state index in [2.05, 4.69) is 5.32 Å². The molecule has 1 aliphatic rings. The van der Waals surface area contributed by atoms with E-state index in [-0.39, 0.29) is 6.10 Å². The highest BCUT2D eigenvalue weighted by Gasteiger charge is 2.13. The van der Waals surface area contributed by atoms with Crippen LogP contribution < -0.4 is 15.8 Å². The minimum Gasteiger partial charge on any atom is -0.491 e. The molecule has 1 atom stereocenters. The third-order valence-electron chi connectivity index (χ3n) is 2.65. The molecule has 0 bridgehead atoms. The van der Waals surface area contributed by atoms with Gasteiger partial charge < -0.3 is 25.9 Å². The van der Waals surface area contributed by atoms with E-state index in [1.54, 1.807) is 12.1 Å². The van der Waals surface area contributed by atoms with Crippen LogP contribution in [-0.4, -0.2) is 38.6 Å². The fourth-order valence-corrected chi connectivity index (χ4v) is 1.69. The molecule has 1 aromatic rings. The van der Waals surface area contributed by atoms with Gasteiger partial charge in [-0.2, -0.15) is 0 Å². The minimum atomic E-state index is 0.0902. The molecule has 0 unspecified atom stereocenters. The molecule has 17 heavy (non-hydrogen) atoms. The van der Waals surface area contributed by atoms with Crippen LogP contribution in [0.25, 0.3) is 0 Å². The Bertz CT molecular complexity index is 389. The molecule has 92 valence electrons. The largest absolute Gasteiger partial charge is 0.491 e. The Morgan fingerprint density at radius 2 is 2.47 bits per heavy atom. The predicted molar refractivity (Wildman–Crippen MR) is 66.8 cm³/mol. The highest BCUT2D eigenvalue weighted by Crippen LogP contribution is 2.18. The molecule has 2 rings (SSSR count). The maximum absolute atomic E-state index is 7.14. The van der Waals surface area contributed by atoms with Gasteiger partial charge in [0, 0.05) is 36.6 Å². The van der Waals surface area contributed by atoms with E-state index in [4.69, 9.17) is 20.6 Å². The molecule has 1 aromatic carbocycles. The number of nitrogens with one attached hydrogen (secondary N) is 2. The van der Waals surface area contributed by atoms with Crippen LogP contribution >= 0.6 is 0 Å². The normalized spacial score (nSPS) is 19.9. The topological polar surface area (TPSA) is 80.4 Å². The van der Waals surface area contributed by atoms with Crippen molar-refractivity contribution in [2.45, 2.75) is 6.10 Å². The molecule has 1 aliphatic heterocycles. The van der Waals surface area contributed by atoms with E-state index in [1.807, 2.05) is 6.07 Å². The summed E-state index contributed by atoms with van der Waals surface area (Å²) in [6.45, 7) is 2.95. The Kier molecular flexibility index (Phi) is 3.95. The standard InChI is InChI=1S/C12H17N3O2/c13-6-9-1-2-10(5-12(9)14)17-8-11-7-15-3-4-16-11/h1-2,5-6,11,13,15H,3-4,7-8,14H2/t11-/m0/s1. The van der Waals surface area contributed by atoms with Crippen LogP contribution in [0.2, 0.25) is 0 Å². The van der Waals surface area contributed by atoms with Crippen molar-refractivity contribution in [2.24, 2.45) is 0 Å². The van der Waals surface area contributed by atoms with Crippen molar-refractivity contribution < 1.29 is 9.47 Å². The van der Waals surface area contributed by atoms with E-state index in [0.29, 0.717) is 23.6 Å². The minimum absolute atomic E-state index is 0.0902. The molecule has 0 amide bonds. The summed E-state index contributed by atoms with van der Waals surface area (Å²) in [5.41, 5.74) is 7.02. The molecule has 0 radical (unpaired) electrons. The summed E-state index contributed by atoms with van der Waals surface area (Å²) in [6.07, 6.45) is 1.32. The van der Waals surface area contributed by atoms with Crippen LogP contribution in [0.5, 0.6) is 5.75 Å². The number of nitrogen functional groups attached to an aromatic ring is 1. The van der Waals surface area contributed by atoms with Crippen LogP contribution in [0.3, 0.4) is 0 Å². The average molecular weight is 235 g/mol. The maximum Gasteiger partial charge on any atom is 0.121 e. The van der Waals surface area contributed by atoms with Gasteiger partial charge in [0.05, 0.1) is 6.61 Å². The Morgan fingerprint density at radius 1 is 1.59 bits per heavy atom. The van der Waals surface area contributed by atoms with Gasteiger partial charge in [0.25, 0.3) is 0 Å². The zero-order valence-electron chi connectivity index (χ0n) is 9.61. The van der Waals surface area contributed by atoms with Crippen molar-refractivity contribution in [3.63, 3.8) is 0 Å². The lowest BCUT2D eigenvalue weighted by molar-refractivity contribution is 0.000207. The van der Waals surface area contributed by atoms with Gasteiger partial charge in [0.2, 0.25) is 0 Å². The zero-order valence-corrected chi connectivity index (χ0v) is 9.61. The molecule has 0 aliphatic carbocycles. The van der Waals surface area contributed by atoms with E-state index in [0.717, 1.165) is 19.7 Å². The van der Waals surface area contributed by atoms with Crippen LogP contribution in [-0.2, 0) is 4.74 Å². The Labute approximate surface area is 100 Å². The fourth-order valence-electron chi connectivity index (χ4n) is 1.69. The predicted octanol–water partition coefficient (Wildman–Crippen LogP) is 0.634. The van der Waals surface area contributed by atoms with Crippen molar-refractivity contribution in [3.05, 3.63) is 23.8 Å². The van der Waals surface area contributed by atoms with Gasteiger partial charge in [-0.1, -0.05) is 0 Å². The number of hydrogen-bond acceptors (Lipinski definition) is 5. The third kappa shape index (κ3) is 3.18. The smallest absolute Gasteiger partial charge is 0.121 e. The molecule has 1 saturated heterocycles. The van der Waals surface area contributed by atoms with Gasteiger partial charge in [0.1, 0.15) is 18.5 Å². The summed E-state index contributed by atoms with van der Waals surface area (Å²) < 4.78 is 11.1. The SMILES string of the molecule is N=Cc1ccc(OC[C@@H]2CNCCO2)cc1N. The number of hydrogen-bond donors (Lipinski definition) is 3. The molecular weight excluding hydrogens is 218 g/mol. The van der Waals surface area contributed by atoms with Crippen molar-refractivity contribution in [1.29, 1.82) is 5.41 Å². The molecular formula is C12H17N3O2. The molecule has 1 heterocycles. The average Bonchev–Trinajstić information content (AvgIpc) is 2.38. The van der Waals surface area contributed by atoms with Gasteiger partial charge in [-0.3, -0.25) is 0 Å². The monoisotopic (exact) mass is 235 g/mol. The first-order chi connectivity index (χ1) is 8.29. The first-order valence-electron chi connectivity index (χ1n) is 5.64. The van der Waals surface area contributed by atoms with Crippen molar-refractivity contribution in [3.8, 4) is 5.75 Å². The lowest BCUT2D eigenvalue weighted by Crippen LogP contribution is -2.41. The number of benzene rings is 1. The van der Waals surface area contributed by atoms with Crippen molar-refractivity contribution in [2.75, 3.05) is 32.0 Å². The van der Waals surface area contributed by atoms with E-state index >= 15 is 0 Å². The highest BCUT2D eigenvalue weighted by atomic mass is 16.5. The molecule has 1 fully saturated rings. The van der Waals surface area contributed by atoms with Gasteiger partial charge in [0.15, 0.2) is 0 Å². The number of morpholine rings is 1. The summed E-state index contributed by atoms with van der Waals surface area (Å²) in [6, 6.07) is 5.32. The van der Waals surface area contributed by atoms with Gasteiger partial charge >= 0.3 is 0 Å². The lowest BCUT2D eigenvalue weighted by Gasteiger charge is -2.23. The lowest BCUT2D eigenvalue weighted by atomic mass is 10.2. The first-order valence-corrected chi connectivity index (χ1v) is 5.64. The molecule has 0 saturated carbocycles. The summed E-state index contributed by atoms with van der Waals surface area (Å²) in [4.78, 5) is 0. The summed E-state index contributed by atoms with van der Waals surface area (Å²) in [7, 11) is 0. The summed E-state index contributed by atoms with van der Waals surface area (Å²) >= 11 is 0. The quantitative estimate of drug-likeness (QED) is 0.528. The van der Waals surface area contributed by atoms with Crippen molar-refractivity contribution >= 4 is 11.9 Å². The maximum atomic E-state index is 7.14. The zero-order chi connectivity index (χ0) is 12.1. The van der Waals surface area contributed by atoms with Crippen LogP contribution in [0.4, 0.5) is 5.69 Å². The number of nitrogens with two attached hydrogens (primary N) is 1. The molecule has 5 nitrogen and oxygen atoms in total. The van der Waals surface area contributed by atoms with Gasteiger partial charge in [-0.15, -0.1) is 0 Å². The van der Waals surface area contributed by atoms with E-state index < -0.39 is 0 Å². The molecule has 5 heteroatoms. The molecule has 0 aromatic heterocycles. The van der Waals surface area contributed by atoms with Crippen molar-refractivity contribution in [1.82, 2.24) is 5.32 Å². The summed E-state index contributed by atoms with van der Waals surface area (Å²) in [5, 5.41) is 10.4. The van der Waals surface area contributed by atoms with E-state index in [9.17, 15) is 0 Å². The molecule has 0 spiro atoms. The third-order valence-corrected chi connectivity index (χ3v) is 2.65. The number of ether oxygens (including phenoxy) is 2. The van der Waals surface area contributed by atoms with Gasteiger partial charge in [-0.05, 0) is 12.1 Å². The second kappa shape index (κ2) is 5.65. The highest BCUT2D eigenvalue weighted by molar-refractivity contribution is 5.85. The van der Waals surface area contributed by atoms with Crippen LogP contribution in [0, 0.1) is 5.41 Å². The Morgan fingerprint density at radius 3 is 3.12 bits per heavy atom. The first kappa shape index (κ1) is 11.9. The van der Waals surface area contributed by atoms with Crippen LogP contribution in [0.15, 0.2) is 18.2 Å². The fraction of sp³-hybridized carbons (Fsp3) is 0.417. The number of rotatable bonds is 4. The summed E-state index contributed by atoms with van der Waals surface area (Å²) in [5.74, 6) is 0.710. The van der Waals surface area contributed by atoms with Gasteiger partial charge in [-0.25, -0.2) is 0 Å². The Balaban J connectivity index is 1.90. The molecule has 4 N–H and O–H groups in total. The number of anilines is 1. The van der Waals surface area contributed by atoms with Crippen LogP contribution in [0.1, 0.15) is 5.56 Å². The Hall–Kier alpha value is -1.59.